The molecule has 0 bridgehead atoms. The van der Waals surface area contributed by atoms with Gasteiger partial charge in [0.15, 0.2) is 0 Å². The summed E-state index contributed by atoms with van der Waals surface area (Å²) in [4.78, 5) is 14.7. The van der Waals surface area contributed by atoms with Gasteiger partial charge in [0.25, 0.3) is 5.91 Å². The van der Waals surface area contributed by atoms with Crippen molar-refractivity contribution in [1.82, 2.24) is 10.2 Å². The third-order valence-corrected chi connectivity index (χ3v) is 4.76. The molecule has 1 amide bonds. The van der Waals surface area contributed by atoms with Crippen LogP contribution in [0.3, 0.4) is 0 Å². The third kappa shape index (κ3) is 3.95. The molecule has 1 aliphatic heterocycles. The summed E-state index contributed by atoms with van der Waals surface area (Å²) in [6.45, 7) is 9.32. The lowest BCUT2D eigenvalue weighted by atomic mass is 10.1. The van der Waals surface area contributed by atoms with Gasteiger partial charge in [0.1, 0.15) is 5.60 Å². The van der Waals surface area contributed by atoms with Crippen LogP contribution in [0, 0.1) is 5.92 Å². The topological polar surface area (TPSA) is 41.6 Å². The van der Waals surface area contributed by atoms with Crippen molar-refractivity contribution in [2.45, 2.75) is 64.5 Å². The number of rotatable bonds is 6. The lowest BCUT2D eigenvalue weighted by molar-refractivity contribution is -0.142. The summed E-state index contributed by atoms with van der Waals surface area (Å²) in [5, 5.41) is 3.07. The number of ether oxygens (including phenoxy) is 1. The van der Waals surface area contributed by atoms with E-state index in [1.165, 1.54) is 38.6 Å². The van der Waals surface area contributed by atoms with Crippen LogP contribution in [0.25, 0.3) is 0 Å². The van der Waals surface area contributed by atoms with Gasteiger partial charge in [-0.1, -0.05) is 12.8 Å². The highest BCUT2D eigenvalue weighted by atomic mass is 16.5. The van der Waals surface area contributed by atoms with Gasteiger partial charge in [0, 0.05) is 25.7 Å². The molecule has 0 aromatic heterocycles. The van der Waals surface area contributed by atoms with Gasteiger partial charge in [0.05, 0.1) is 0 Å². The Kier molecular flexibility index (Phi) is 5.44. The van der Waals surface area contributed by atoms with Crippen LogP contribution in [0.1, 0.15) is 52.9 Å². The zero-order chi connectivity index (χ0) is 14.6. The molecule has 1 heterocycles. The van der Waals surface area contributed by atoms with Crippen molar-refractivity contribution in [3.8, 4) is 0 Å². The second-order valence-corrected chi connectivity index (χ2v) is 6.74. The Morgan fingerprint density at radius 3 is 2.65 bits per heavy atom. The molecule has 4 nitrogen and oxygen atoms in total. The van der Waals surface area contributed by atoms with Crippen molar-refractivity contribution in [2.75, 3.05) is 26.2 Å². The summed E-state index contributed by atoms with van der Waals surface area (Å²) in [6, 6.07) is 0.815. The van der Waals surface area contributed by atoms with Gasteiger partial charge in [-0.05, 0) is 52.5 Å². The average molecular weight is 282 g/mol. The van der Waals surface area contributed by atoms with Gasteiger partial charge in [0.2, 0.25) is 0 Å². The number of nitrogens with zero attached hydrogens (tertiary/aromatic N) is 1. The van der Waals surface area contributed by atoms with E-state index in [1.807, 2.05) is 20.8 Å². The molecule has 2 rings (SSSR count). The number of amides is 1. The molecule has 1 unspecified atom stereocenters. The zero-order valence-electron chi connectivity index (χ0n) is 13.3. The normalized spacial score (nSPS) is 25.2. The van der Waals surface area contributed by atoms with Gasteiger partial charge >= 0.3 is 0 Å². The minimum atomic E-state index is -0.710. The maximum atomic E-state index is 12.1. The summed E-state index contributed by atoms with van der Waals surface area (Å²) < 4.78 is 5.49. The standard InChI is InChI=1S/C16H30N2O2/c1-4-20-16(2,3)15(19)17-11-13-9-10-18(12-13)14-7-5-6-8-14/h13-14H,4-12H2,1-3H3,(H,17,19). The van der Waals surface area contributed by atoms with E-state index in [4.69, 9.17) is 4.74 Å². The molecular formula is C16H30N2O2. The van der Waals surface area contributed by atoms with E-state index in [9.17, 15) is 4.79 Å². The van der Waals surface area contributed by atoms with E-state index < -0.39 is 5.60 Å². The van der Waals surface area contributed by atoms with E-state index in [0.29, 0.717) is 12.5 Å². The first-order valence-electron chi connectivity index (χ1n) is 8.19. The van der Waals surface area contributed by atoms with Crippen molar-refractivity contribution >= 4 is 5.91 Å². The second kappa shape index (κ2) is 6.90. The first-order chi connectivity index (χ1) is 9.53. The Morgan fingerprint density at radius 1 is 1.30 bits per heavy atom. The van der Waals surface area contributed by atoms with Crippen LogP contribution < -0.4 is 5.32 Å². The van der Waals surface area contributed by atoms with E-state index in [1.54, 1.807) is 0 Å². The fourth-order valence-corrected chi connectivity index (χ4v) is 3.51. The molecule has 0 aromatic rings. The maximum absolute atomic E-state index is 12.1. The van der Waals surface area contributed by atoms with Gasteiger partial charge in [-0.15, -0.1) is 0 Å². The van der Waals surface area contributed by atoms with Crippen LogP contribution in [-0.4, -0.2) is 48.7 Å². The molecule has 1 aliphatic carbocycles. The van der Waals surface area contributed by atoms with Gasteiger partial charge in [-0.25, -0.2) is 0 Å². The molecule has 2 fully saturated rings. The van der Waals surface area contributed by atoms with Crippen LogP contribution in [0.4, 0.5) is 0 Å². The lowest BCUT2D eigenvalue weighted by Crippen LogP contribution is -2.46. The summed E-state index contributed by atoms with van der Waals surface area (Å²) in [5.41, 5.74) is -0.710. The largest absolute Gasteiger partial charge is 0.366 e. The first kappa shape index (κ1) is 15.8. The molecule has 0 aromatic carbocycles. The quantitative estimate of drug-likeness (QED) is 0.812. The first-order valence-corrected chi connectivity index (χ1v) is 8.19. The molecule has 0 spiro atoms. The number of hydrogen-bond acceptors (Lipinski definition) is 3. The fraction of sp³-hybridized carbons (Fsp3) is 0.938. The van der Waals surface area contributed by atoms with E-state index in [0.717, 1.165) is 19.1 Å². The number of likely N-dealkylation sites (tertiary alicyclic amines) is 1. The van der Waals surface area contributed by atoms with Crippen molar-refractivity contribution < 1.29 is 9.53 Å². The minimum Gasteiger partial charge on any atom is -0.366 e. The molecule has 1 N–H and O–H groups in total. The highest BCUT2D eigenvalue weighted by molar-refractivity contribution is 5.84. The molecule has 0 radical (unpaired) electrons. The van der Waals surface area contributed by atoms with Crippen LogP contribution in [-0.2, 0) is 9.53 Å². The Morgan fingerprint density at radius 2 is 2.00 bits per heavy atom. The van der Waals surface area contributed by atoms with Gasteiger partial charge in [-0.3, -0.25) is 4.79 Å². The molecule has 20 heavy (non-hydrogen) atoms. The molecule has 1 atom stereocenters. The van der Waals surface area contributed by atoms with Gasteiger partial charge in [-0.2, -0.15) is 0 Å². The van der Waals surface area contributed by atoms with Crippen molar-refractivity contribution in [1.29, 1.82) is 0 Å². The second-order valence-electron chi connectivity index (χ2n) is 6.74. The predicted molar refractivity (Wildman–Crippen MR) is 80.7 cm³/mol. The van der Waals surface area contributed by atoms with Crippen molar-refractivity contribution in [3.63, 3.8) is 0 Å². The minimum absolute atomic E-state index is 0.0127. The van der Waals surface area contributed by atoms with E-state index in [-0.39, 0.29) is 5.91 Å². The maximum Gasteiger partial charge on any atom is 0.251 e. The van der Waals surface area contributed by atoms with Crippen molar-refractivity contribution in [3.05, 3.63) is 0 Å². The Bertz CT molecular complexity index is 324. The fourth-order valence-electron chi connectivity index (χ4n) is 3.51. The SMILES string of the molecule is CCOC(C)(C)C(=O)NCC1CCN(C2CCCC2)C1. The zero-order valence-corrected chi connectivity index (χ0v) is 13.3. The summed E-state index contributed by atoms with van der Waals surface area (Å²) >= 11 is 0. The Balaban J connectivity index is 1.71. The molecular weight excluding hydrogens is 252 g/mol. The van der Waals surface area contributed by atoms with E-state index >= 15 is 0 Å². The van der Waals surface area contributed by atoms with Crippen LogP contribution in [0.2, 0.25) is 0 Å². The molecule has 1 saturated carbocycles. The molecule has 4 heteroatoms. The van der Waals surface area contributed by atoms with Crippen LogP contribution >= 0.6 is 0 Å². The molecule has 1 saturated heterocycles. The van der Waals surface area contributed by atoms with Crippen LogP contribution in [0.5, 0.6) is 0 Å². The Hall–Kier alpha value is -0.610. The molecule has 2 aliphatic rings. The highest BCUT2D eigenvalue weighted by Gasteiger charge is 2.32. The lowest BCUT2D eigenvalue weighted by Gasteiger charge is -2.25. The monoisotopic (exact) mass is 282 g/mol. The number of hydrogen-bond donors (Lipinski definition) is 1. The Labute approximate surface area is 123 Å². The number of nitrogens with one attached hydrogen (secondary N) is 1. The smallest absolute Gasteiger partial charge is 0.251 e. The van der Waals surface area contributed by atoms with Crippen LogP contribution in [0.15, 0.2) is 0 Å². The summed E-state index contributed by atoms with van der Waals surface area (Å²) in [7, 11) is 0. The number of carbonyl (C=O) groups is 1. The summed E-state index contributed by atoms with van der Waals surface area (Å²) in [6.07, 6.45) is 6.75. The third-order valence-electron chi connectivity index (χ3n) is 4.76. The highest BCUT2D eigenvalue weighted by Crippen LogP contribution is 2.28. The average Bonchev–Trinajstić information content (AvgIpc) is 3.06. The number of carbonyl (C=O) groups excluding carboxylic acids is 1. The molecule has 116 valence electrons. The van der Waals surface area contributed by atoms with Crippen molar-refractivity contribution in [2.24, 2.45) is 5.92 Å². The predicted octanol–water partition coefficient (Wildman–Crippen LogP) is 2.18. The van der Waals surface area contributed by atoms with Gasteiger partial charge < -0.3 is 15.0 Å². The van der Waals surface area contributed by atoms with E-state index in [2.05, 4.69) is 10.2 Å². The summed E-state index contributed by atoms with van der Waals surface area (Å²) in [5.74, 6) is 0.621.